The van der Waals surface area contributed by atoms with Crippen LogP contribution in [0.5, 0.6) is 0 Å². The summed E-state index contributed by atoms with van der Waals surface area (Å²) < 4.78 is 5.52. The van der Waals surface area contributed by atoms with E-state index in [2.05, 4.69) is 15.3 Å². The lowest BCUT2D eigenvalue weighted by molar-refractivity contribution is -0.120. The number of amidine groups is 1. The number of aryl methyl sites for hydroxylation is 1. The van der Waals surface area contributed by atoms with Gasteiger partial charge in [-0.1, -0.05) is 24.3 Å². The first-order chi connectivity index (χ1) is 14.2. The lowest BCUT2D eigenvalue weighted by Crippen LogP contribution is -2.47. The fourth-order valence-corrected chi connectivity index (χ4v) is 4.62. The van der Waals surface area contributed by atoms with Crippen molar-refractivity contribution in [1.29, 1.82) is 0 Å². The molecule has 158 valence electrons. The van der Waals surface area contributed by atoms with Gasteiger partial charge in [0.2, 0.25) is 0 Å². The number of ether oxygens (including phenoxy) is 1. The van der Waals surface area contributed by atoms with Crippen LogP contribution in [0, 0.1) is 6.92 Å². The first-order valence-electron chi connectivity index (χ1n) is 10.1. The molecule has 2 aliphatic heterocycles. The molecule has 0 spiro atoms. The summed E-state index contributed by atoms with van der Waals surface area (Å²) in [6.07, 6.45) is 1.25. The summed E-state index contributed by atoms with van der Waals surface area (Å²) in [5.41, 5.74) is 4.17. The van der Waals surface area contributed by atoms with Crippen molar-refractivity contribution in [2.45, 2.75) is 58.2 Å². The monoisotopic (exact) mass is 426 g/mol. The summed E-state index contributed by atoms with van der Waals surface area (Å²) in [6, 6.07) is 7.01. The molecule has 0 saturated carbocycles. The van der Waals surface area contributed by atoms with E-state index in [9.17, 15) is 9.59 Å². The second-order valence-electron chi connectivity index (χ2n) is 8.63. The number of nitrogens with one attached hydrogen (secondary N) is 1. The molecule has 4 rings (SSSR count). The molecule has 7 nitrogen and oxygen atoms in total. The van der Waals surface area contributed by atoms with E-state index >= 15 is 0 Å². The van der Waals surface area contributed by atoms with E-state index in [4.69, 9.17) is 4.74 Å². The first-order valence-corrected chi connectivity index (χ1v) is 11.0. The average Bonchev–Trinajstić information content (AvgIpc) is 3.39. The van der Waals surface area contributed by atoms with Crippen LogP contribution < -0.4 is 5.32 Å². The Balaban J connectivity index is 1.52. The Hall–Kier alpha value is -2.74. The van der Waals surface area contributed by atoms with E-state index in [0.717, 1.165) is 34.5 Å². The Bertz CT molecular complexity index is 991. The van der Waals surface area contributed by atoms with Crippen molar-refractivity contribution in [1.82, 2.24) is 15.2 Å². The second kappa shape index (κ2) is 7.83. The fraction of sp³-hybridized carbons (Fsp3) is 0.455. The Morgan fingerprint density at radius 1 is 1.27 bits per heavy atom. The minimum absolute atomic E-state index is 0.164. The third-order valence-corrected chi connectivity index (χ3v) is 6.18. The normalized spacial score (nSPS) is 21.5. The van der Waals surface area contributed by atoms with Gasteiger partial charge in [0.15, 0.2) is 6.04 Å². The zero-order valence-corrected chi connectivity index (χ0v) is 18.5. The van der Waals surface area contributed by atoms with Crippen LogP contribution in [0.3, 0.4) is 0 Å². The fourth-order valence-electron chi connectivity index (χ4n) is 3.81. The number of hydrogen-bond acceptors (Lipinski definition) is 6. The maximum absolute atomic E-state index is 12.6. The van der Waals surface area contributed by atoms with Gasteiger partial charge in [-0.05, 0) is 51.7 Å². The zero-order chi connectivity index (χ0) is 21.5. The molecular formula is C22H26N4O3S. The van der Waals surface area contributed by atoms with Crippen molar-refractivity contribution in [3.8, 4) is 10.4 Å². The molecule has 1 aromatic heterocycles. The maximum Gasteiger partial charge on any atom is 0.410 e. The van der Waals surface area contributed by atoms with Crippen LogP contribution in [0.2, 0.25) is 0 Å². The molecule has 0 bridgehead atoms. The van der Waals surface area contributed by atoms with Crippen LogP contribution in [0.25, 0.3) is 10.4 Å². The number of hydrogen-bond donors (Lipinski definition) is 1. The predicted molar refractivity (Wildman–Crippen MR) is 117 cm³/mol. The molecule has 1 fully saturated rings. The van der Waals surface area contributed by atoms with E-state index in [0.29, 0.717) is 12.4 Å². The van der Waals surface area contributed by atoms with E-state index in [-0.39, 0.29) is 18.0 Å². The van der Waals surface area contributed by atoms with Gasteiger partial charge in [0, 0.05) is 6.54 Å². The van der Waals surface area contributed by atoms with Crippen molar-refractivity contribution in [3.63, 3.8) is 0 Å². The number of aliphatic imine (C=N–C) groups is 1. The van der Waals surface area contributed by atoms with Crippen molar-refractivity contribution in [2.24, 2.45) is 4.99 Å². The molecule has 30 heavy (non-hydrogen) atoms. The van der Waals surface area contributed by atoms with Gasteiger partial charge in [0.1, 0.15) is 11.4 Å². The number of aromatic nitrogens is 1. The van der Waals surface area contributed by atoms with Gasteiger partial charge < -0.3 is 10.1 Å². The molecule has 1 saturated heterocycles. The van der Waals surface area contributed by atoms with Crippen LogP contribution in [0.4, 0.5) is 4.79 Å². The quantitative estimate of drug-likeness (QED) is 0.801. The molecule has 2 unspecified atom stereocenters. The van der Waals surface area contributed by atoms with Crippen LogP contribution in [0.1, 0.15) is 50.9 Å². The Labute approximate surface area is 180 Å². The van der Waals surface area contributed by atoms with Gasteiger partial charge in [-0.25, -0.2) is 9.78 Å². The summed E-state index contributed by atoms with van der Waals surface area (Å²) in [5.74, 6) is 0.387. The number of carbonyl (C=O) groups excluding carboxylic acids is 2. The molecule has 3 heterocycles. The Morgan fingerprint density at radius 3 is 2.63 bits per heavy atom. The third-order valence-electron chi connectivity index (χ3n) is 5.20. The van der Waals surface area contributed by atoms with Crippen LogP contribution >= 0.6 is 11.3 Å². The standard InChI is InChI=1S/C22H26N4O3S/c1-13-18(30-12-23-13)15-9-7-14(8-10-15)17-20(27)25-19(24-17)16-6-5-11-26(16)21(28)29-22(2,3)4/h7-10,12,16-17H,5-6,11H2,1-4H3,(H,24,25,27). The number of nitrogens with zero attached hydrogens (tertiary/aromatic N) is 3. The Morgan fingerprint density at radius 2 is 2.00 bits per heavy atom. The van der Waals surface area contributed by atoms with Crippen molar-refractivity contribution in [2.75, 3.05) is 6.54 Å². The minimum atomic E-state index is -0.599. The van der Waals surface area contributed by atoms with Gasteiger partial charge in [-0.3, -0.25) is 14.7 Å². The summed E-state index contributed by atoms with van der Waals surface area (Å²) in [5, 5.41) is 2.90. The smallest absolute Gasteiger partial charge is 0.410 e. The number of likely N-dealkylation sites (tertiary alicyclic amines) is 1. The molecule has 8 heteroatoms. The summed E-state index contributed by atoms with van der Waals surface area (Å²) in [4.78, 5) is 37.0. The molecule has 2 amide bonds. The van der Waals surface area contributed by atoms with Gasteiger partial charge >= 0.3 is 6.09 Å². The zero-order valence-electron chi connectivity index (χ0n) is 17.6. The van der Waals surface area contributed by atoms with E-state index in [1.807, 2.05) is 57.5 Å². The number of carbonyl (C=O) groups is 2. The highest BCUT2D eigenvalue weighted by Crippen LogP contribution is 2.31. The molecular weight excluding hydrogens is 400 g/mol. The molecule has 2 atom stereocenters. The van der Waals surface area contributed by atoms with E-state index in [1.165, 1.54) is 0 Å². The maximum atomic E-state index is 12.6. The number of benzene rings is 1. The highest BCUT2D eigenvalue weighted by atomic mass is 32.1. The van der Waals surface area contributed by atoms with Gasteiger partial charge in [0.05, 0.1) is 22.1 Å². The van der Waals surface area contributed by atoms with Crippen molar-refractivity contribution in [3.05, 3.63) is 41.0 Å². The lowest BCUT2D eigenvalue weighted by Gasteiger charge is -2.28. The minimum Gasteiger partial charge on any atom is -0.444 e. The Kier molecular flexibility index (Phi) is 5.36. The number of thiazole rings is 1. The largest absolute Gasteiger partial charge is 0.444 e. The summed E-state index contributed by atoms with van der Waals surface area (Å²) in [6.45, 7) is 8.12. The van der Waals surface area contributed by atoms with E-state index in [1.54, 1.807) is 16.2 Å². The summed E-state index contributed by atoms with van der Waals surface area (Å²) in [7, 11) is 0. The number of rotatable bonds is 3. The molecule has 2 aliphatic rings. The highest BCUT2D eigenvalue weighted by Gasteiger charge is 2.39. The van der Waals surface area contributed by atoms with Crippen molar-refractivity contribution < 1.29 is 14.3 Å². The van der Waals surface area contributed by atoms with Gasteiger partial charge in [-0.15, -0.1) is 11.3 Å². The van der Waals surface area contributed by atoms with Gasteiger partial charge in [-0.2, -0.15) is 0 Å². The second-order valence-corrected chi connectivity index (χ2v) is 9.48. The highest BCUT2D eigenvalue weighted by molar-refractivity contribution is 7.13. The molecule has 0 aliphatic carbocycles. The van der Waals surface area contributed by atoms with Crippen LogP contribution in [0.15, 0.2) is 34.8 Å². The lowest BCUT2D eigenvalue weighted by atomic mass is 10.0. The summed E-state index contributed by atoms with van der Waals surface area (Å²) >= 11 is 1.60. The van der Waals surface area contributed by atoms with Crippen LogP contribution in [-0.4, -0.2) is 45.9 Å². The average molecular weight is 427 g/mol. The topological polar surface area (TPSA) is 83.9 Å². The molecule has 1 N–H and O–H groups in total. The molecule has 2 aromatic rings. The SMILES string of the molecule is Cc1ncsc1-c1ccc(C2N=C(C3CCCN3C(=O)OC(C)(C)C)NC2=O)cc1. The van der Waals surface area contributed by atoms with Crippen LogP contribution in [-0.2, 0) is 9.53 Å². The number of amides is 2. The van der Waals surface area contributed by atoms with Crippen molar-refractivity contribution >= 4 is 29.2 Å². The third kappa shape index (κ3) is 4.09. The predicted octanol–water partition coefficient (Wildman–Crippen LogP) is 4.09. The molecule has 0 radical (unpaired) electrons. The molecule has 1 aromatic carbocycles. The first kappa shape index (κ1) is 20.5. The van der Waals surface area contributed by atoms with E-state index < -0.39 is 11.6 Å². The van der Waals surface area contributed by atoms with Gasteiger partial charge in [0.25, 0.3) is 5.91 Å².